The number of hydrogen-bond donors (Lipinski definition) is 2. The minimum atomic E-state index is -0.654. The Bertz CT molecular complexity index is 385. The Balaban J connectivity index is 0.00000144. The highest BCUT2D eigenvalue weighted by atomic mass is 35.5. The van der Waals surface area contributed by atoms with Gasteiger partial charge in [-0.05, 0) is 24.8 Å². The highest BCUT2D eigenvalue weighted by Gasteiger charge is 2.35. The summed E-state index contributed by atoms with van der Waals surface area (Å²) in [5.74, 6) is 0.261. The molecule has 0 unspecified atom stereocenters. The van der Waals surface area contributed by atoms with Gasteiger partial charge in [-0.2, -0.15) is 0 Å². The van der Waals surface area contributed by atoms with E-state index < -0.39 is 18.0 Å². The van der Waals surface area contributed by atoms with Crippen LogP contribution in [0.1, 0.15) is 24.4 Å². The van der Waals surface area contributed by atoms with Crippen LogP contribution in [-0.4, -0.2) is 18.3 Å². The number of halogens is 2. The van der Waals surface area contributed by atoms with Gasteiger partial charge in [0, 0.05) is 11.6 Å². The molecule has 0 saturated heterocycles. The molecule has 0 aliphatic heterocycles. The van der Waals surface area contributed by atoms with Gasteiger partial charge in [0.2, 0.25) is 0 Å². The van der Waals surface area contributed by atoms with Crippen molar-refractivity contribution in [3.05, 3.63) is 29.6 Å². The zero-order valence-corrected chi connectivity index (χ0v) is 10.4. The summed E-state index contributed by atoms with van der Waals surface area (Å²) in [4.78, 5) is 0. The molecule has 96 valence electrons. The van der Waals surface area contributed by atoms with Crippen LogP contribution in [0.4, 0.5) is 4.39 Å². The number of rotatable bonds is 4. The number of methoxy groups -OCH3 is 1. The van der Waals surface area contributed by atoms with E-state index in [0.29, 0.717) is 11.3 Å². The molecule has 1 fully saturated rings. The Labute approximate surface area is 106 Å². The Hall–Kier alpha value is -0.840. The number of benzene rings is 1. The van der Waals surface area contributed by atoms with Crippen molar-refractivity contribution in [2.24, 2.45) is 11.7 Å². The summed E-state index contributed by atoms with van der Waals surface area (Å²) in [7, 11) is 1.48. The van der Waals surface area contributed by atoms with Crippen molar-refractivity contribution < 1.29 is 14.2 Å². The van der Waals surface area contributed by atoms with Crippen LogP contribution in [-0.2, 0) is 0 Å². The van der Waals surface area contributed by atoms with Crippen molar-refractivity contribution >= 4 is 12.4 Å². The lowest BCUT2D eigenvalue weighted by molar-refractivity contribution is 0.121. The standard InChI is InChI=1S/C12H16FNO2.ClH/c1-16-8-4-5-9(10(13)6-8)11(14)12(15)7-2-3-7;/h4-7,11-12,15H,2-3,14H2,1H3;1H/t11-,12+;/m1./s1. The Kier molecular flexibility index (Phi) is 4.74. The van der Waals surface area contributed by atoms with E-state index in [2.05, 4.69) is 0 Å². The molecule has 0 spiro atoms. The van der Waals surface area contributed by atoms with Gasteiger partial charge in [0.05, 0.1) is 19.3 Å². The molecule has 2 atom stereocenters. The van der Waals surface area contributed by atoms with Crippen molar-refractivity contribution in [1.29, 1.82) is 0 Å². The molecule has 0 bridgehead atoms. The maximum Gasteiger partial charge on any atom is 0.131 e. The van der Waals surface area contributed by atoms with Crippen LogP contribution in [0.25, 0.3) is 0 Å². The summed E-state index contributed by atoms with van der Waals surface area (Å²) < 4.78 is 18.6. The van der Waals surface area contributed by atoms with E-state index in [9.17, 15) is 9.50 Å². The Morgan fingerprint density at radius 2 is 2.12 bits per heavy atom. The van der Waals surface area contributed by atoms with E-state index in [0.717, 1.165) is 12.8 Å². The van der Waals surface area contributed by atoms with Crippen LogP contribution in [0.2, 0.25) is 0 Å². The molecule has 5 heteroatoms. The normalized spacial score (nSPS) is 18.1. The minimum absolute atomic E-state index is 0. The molecule has 1 aromatic carbocycles. The summed E-state index contributed by atoms with van der Waals surface area (Å²) in [5, 5.41) is 9.84. The molecular weight excluding hydrogens is 245 g/mol. The van der Waals surface area contributed by atoms with E-state index in [4.69, 9.17) is 10.5 Å². The molecule has 3 N–H and O–H groups in total. The van der Waals surface area contributed by atoms with Gasteiger partial charge in [-0.25, -0.2) is 4.39 Å². The molecular formula is C12H17ClFNO2. The van der Waals surface area contributed by atoms with Gasteiger partial charge in [-0.1, -0.05) is 6.07 Å². The van der Waals surface area contributed by atoms with Crippen LogP contribution >= 0.6 is 12.4 Å². The summed E-state index contributed by atoms with van der Waals surface area (Å²) in [6.45, 7) is 0. The molecule has 3 nitrogen and oxygen atoms in total. The van der Waals surface area contributed by atoms with Crippen molar-refractivity contribution in [2.75, 3.05) is 7.11 Å². The second-order valence-corrected chi connectivity index (χ2v) is 4.24. The van der Waals surface area contributed by atoms with Gasteiger partial charge >= 0.3 is 0 Å². The molecule has 0 amide bonds. The average Bonchev–Trinajstić information content (AvgIpc) is 3.10. The predicted molar refractivity (Wildman–Crippen MR) is 65.9 cm³/mol. The predicted octanol–water partition coefficient (Wildman–Crippen LogP) is 2.03. The van der Waals surface area contributed by atoms with Crippen molar-refractivity contribution in [1.82, 2.24) is 0 Å². The number of aliphatic hydroxyl groups excluding tert-OH is 1. The molecule has 0 heterocycles. The zero-order chi connectivity index (χ0) is 11.7. The first-order valence-electron chi connectivity index (χ1n) is 5.40. The molecule has 2 rings (SSSR count). The van der Waals surface area contributed by atoms with E-state index in [-0.39, 0.29) is 18.3 Å². The van der Waals surface area contributed by atoms with E-state index in [1.807, 2.05) is 0 Å². The number of aliphatic hydroxyl groups is 1. The van der Waals surface area contributed by atoms with Gasteiger partial charge in [-0.15, -0.1) is 12.4 Å². The summed E-state index contributed by atoms with van der Waals surface area (Å²) >= 11 is 0. The average molecular weight is 262 g/mol. The van der Waals surface area contributed by atoms with Crippen LogP contribution in [0.3, 0.4) is 0 Å². The van der Waals surface area contributed by atoms with E-state index in [1.165, 1.54) is 13.2 Å². The molecule has 0 radical (unpaired) electrons. The number of hydrogen-bond acceptors (Lipinski definition) is 3. The van der Waals surface area contributed by atoms with E-state index in [1.54, 1.807) is 12.1 Å². The summed E-state index contributed by atoms with van der Waals surface area (Å²) in [6.07, 6.45) is 1.31. The van der Waals surface area contributed by atoms with Gasteiger partial charge in [0.1, 0.15) is 11.6 Å². The largest absolute Gasteiger partial charge is 0.497 e. The van der Waals surface area contributed by atoms with Crippen LogP contribution in [0, 0.1) is 11.7 Å². The van der Waals surface area contributed by atoms with Crippen molar-refractivity contribution in [2.45, 2.75) is 25.0 Å². The smallest absolute Gasteiger partial charge is 0.131 e. The SMILES string of the molecule is COc1ccc([C@@H](N)[C@@H](O)C2CC2)c(F)c1.Cl. The topological polar surface area (TPSA) is 55.5 Å². The first kappa shape index (κ1) is 14.2. The van der Waals surface area contributed by atoms with Gasteiger partial charge in [0.25, 0.3) is 0 Å². The molecule has 1 saturated carbocycles. The summed E-state index contributed by atoms with van der Waals surface area (Å²) in [6, 6.07) is 3.86. The lowest BCUT2D eigenvalue weighted by Gasteiger charge is -2.19. The highest BCUT2D eigenvalue weighted by molar-refractivity contribution is 5.85. The third-order valence-electron chi connectivity index (χ3n) is 3.04. The Morgan fingerprint density at radius 1 is 1.47 bits per heavy atom. The maximum absolute atomic E-state index is 13.7. The lowest BCUT2D eigenvalue weighted by atomic mass is 9.98. The monoisotopic (exact) mass is 261 g/mol. The second-order valence-electron chi connectivity index (χ2n) is 4.24. The summed E-state index contributed by atoms with van der Waals surface area (Å²) in [5.41, 5.74) is 6.19. The van der Waals surface area contributed by atoms with Crippen LogP contribution in [0.5, 0.6) is 5.75 Å². The zero-order valence-electron chi connectivity index (χ0n) is 9.60. The maximum atomic E-state index is 13.7. The van der Waals surface area contributed by atoms with Crippen molar-refractivity contribution in [3.8, 4) is 5.75 Å². The van der Waals surface area contributed by atoms with Crippen LogP contribution < -0.4 is 10.5 Å². The highest BCUT2D eigenvalue weighted by Crippen LogP contribution is 2.37. The lowest BCUT2D eigenvalue weighted by Crippen LogP contribution is -2.28. The first-order chi connectivity index (χ1) is 7.63. The number of nitrogens with two attached hydrogens (primary N) is 1. The van der Waals surface area contributed by atoms with Gasteiger partial charge in [-0.3, -0.25) is 0 Å². The molecule has 1 aliphatic carbocycles. The molecule has 1 aliphatic rings. The molecule has 17 heavy (non-hydrogen) atoms. The fraction of sp³-hybridized carbons (Fsp3) is 0.500. The van der Waals surface area contributed by atoms with Gasteiger partial charge in [0.15, 0.2) is 0 Å². The quantitative estimate of drug-likeness (QED) is 0.872. The third-order valence-corrected chi connectivity index (χ3v) is 3.04. The van der Waals surface area contributed by atoms with Crippen molar-refractivity contribution in [3.63, 3.8) is 0 Å². The fourth-order valence-electron chi connectivity index (χ4n) is 1.82. The minimum Gasteiger partial charge on any atom is -0.497 e. The Morgan fingerprint density at radius 3 is 2.59 bits per heavy atom. The number of ether oxygens (including phenoxy) is 1. The fourth-order valence-corrected chi connectivity index (χ4v) is 1.82. The molecule has 1 aromatic rings. The van der Waals surface area contributed by atoms with E-state index >= 15 is 0 Å². The van der Waals surface area contributed by atoms with Gasteiger partial charge < -0.3 is 15.6 Å². The van der Waals surface area contributed by atoms with Crippen LogP contribution in [0.15, 0.2) is 18.2 Å². The first-order valence-corrected chi connectivity index (χ1v) is 5.40. The second kappa shape index (κ2) is 5.67. The third kappa shape index (κ3) is 3.09. The molecule has 0 aromatic heterocycles.